The molecule has 6 nitrogen and oxygen atoms in total. The molecule has 8 heteroatoms. The number of anilines is 1. The van der Waals surface area contributed by atoms with Gasteiger partial charge in [0.2, 0.25) is 5.95 Å². The van der Waals surface area contributed by atoms with Crippen LogP contribution in [-0.4, -0.2) is 28.6 Å². The zero-order valence-electron chi connectivity index (χ0n) is 10.9. The predicted octanol–water partition coefficient (Wildman–Crippen LogP) is 3.52. The minimum Gasteiger partial charge on any atom is -0.467 e. The van der Waals surface area contributed by atoms with Gasteiger partial charge in [0.15, 0.2) is 0 Å². The molecule has 0 bridgehead atoms. The van der Waals surface area contributed by atoms with Crippen LogP contribution in [0.3, 0.4) is 0 Å². The molecule has 1 N–H and O–H groups in total. The van der Waals surface area contributed by atoms with Crippen molar-refractivity contribution < 1.29 is 9.47 Å². The molecule has 0 saturated heterocycles. The molecular weight excluding hydrogens is 348 g/mol. The SMILES string of the molecule is CCNc1nc(OC)nc(Oc2ccc(Cl)cc2Br)n1. The van der Waals surface area contributed by atoms with Gasteiger partial charge in [0.25, 0.3) is 0 Å². The number of aromatic nitrogens is 3. The van der Waals surface area contributed by atoms with Gasteiger partial charge < -0.3 is 14.8 Å². The van der Waals surface area contributed by atoms with Crippen LogP contribution in [-0.2, 0) is 0 Å². The Kier molecular flexibility index (Phi) is 4.97. The maximum absolute atomic E-state index is 5.88. The third kappa shape index (κ3) is 3.71. The molecule has 0 aliphatic carbocycles. The molecule has 0 saturated carbocycles. The molecule has 0 radical (unpaired) electrons. The molecule has 0 aliphatic heterocycles. The fourth-order valence-corrected chi connectivity index (χ4v) is 2.13. The van der Waals surface area contributed by atoms with Crippen molar-refractivity contribution in [3.63, 3.8) is 0 Å². The summed E-state index contributed by atoms with van der Waals surface area (Å²) in [4.78, 5) is 12.2. The topological polar surface area (TPSA) is 69.2 Å². The Morgan fingerprint density at radius 3 is 2.65 bits per heavy atom. The number of halogens is 2. The van der Waals surface area contributed by atoms with Crippen LogP contribution in [0.25, 0.3) is 0 Å². The van der Waals surface area contributed by atoms with E-state index >= 15 is 0 Å². The molecule has 0 atom stereocenters. The van der Waals surface area contributed by atoms with Crippen molar-refractivity contribution in [3.05, 3.63) is 27.7 Å². The number of methoxy groups -OCH3 is 1. The van der Waals surface area contributed by atoms with Crippen LogP contribution in [0.5, 0.6) is 17.8 Å². The van der Waals surface area contributed by atoms with Crippen LogP contribution in [0.2, 0.25) is 5.02 Å². The lowest BCUT2D eigenvalue weighted by molar-refractivity contribution is 0.359. The number of nitrogens with one attached hydrogen (secondary N) is 1. The van der Waals surface area contributed by atoms with E-state index in [4.69, 9.17) is 21.1 Å². The van der Waals surface area contributed by atoms with Crippen LogP contribution in [0.1, 0.15) is 6.92 Å². The van der Waals surface area contributed by atoms with E-state index in [2.05, 4.69) is 36.2 Å². The number of nitrogens with zero attached hydrogens (tertiary/aromatic N) is 3. The van der Waals surface area contributed by atoms with Crippen molar-refractivity contribution >= 4 is 33.5 Å². The molecule has 0 aliphatic rings. The zero-order valence-corrected chi connectivity index (χ0v) is 13.2. The molecule has 1 aromatic carbocycles. The van der Waals surface area contributed by atoms with Gasteiger partial charge in [-0.2, -0.15) is 9.97 Å². The zero-order chi connectivity index (χ0) is 14.5. The van der Waals surface area contributed by atoms with E-state index < -0.39 is 0 Å². The van der Waals surface area contributed by atoms with Gasteiger partial charge in [-0.3, -0.25) is 0 Å². The maximum atomic E-state index is 5.88. The summed E-state index contributed by atoms with van der Waals surface area (Å²) in [6, 6.07) is 5.47. The summed E-state index contributed by atoms with van der Waals surface area (Å²) in [6.45, 7) is 2.61. The van der Waals surface area contributed by atoms with Gasteiger partial charge in [-0.1, -0.05) is 11.6 Å². The summed E-state index contributed by atoms with van der Waals surface area (Å²) in [5.74, 6) is 0.935. The Hall–Kier alpha value is -1.60. The van der Waals surface area contributed by atoms with E-state index in [1.54, 1.807) is 18.2 Å². The van der Waals surface area contributed by atoms with Gasteiger partial charge >= 0.3 is 12.0 Å². The summed E-state index contributed by atoms with van der Waals surface area (Å²) in [5, 5.41) is 3.58. The van der Waals surface area contributed by atoms with Gasteiger partial charge in [0, 0.05) is 11.6 Å². The van der Waals surface area contributed by atoms with Crippen LogP contribution in [0.15, 0.2) is 22.7 Å². The highest BCUT2D eigenvalue weighted by molar-refractivity contribution is 9.10. The Morgan fingerprint density at radius 2 is 2.00 bits per heavy atom. The van der Waals surface area contributed by atoms with Gasteiger partial charge in [-0.05, 0) is 41.1 Å². The summed E-state index contributed by atoms with van der Waals surface area (Å²) < 4.78 is 11.3. The Balaban J connectivity index is 2.29. The van der Waals surface area contributed by atoms with Crippen molar-refractivity contribution in [2.75, 3.05) is 19.0 Å². The minimum atomic E-state index is 0.135. The van der Waals surface area contributed by atoms with Crippen LogP contribution < -0.4 is 14.8 Å². The maximum Gasteiger partial charge on any atom is 0.330 e. The Labute approximate surface area is 129 Å². The van der Waals surface area contributed by atoms with Gasteiger partial charge in [-0.15, -0.1) is 4.98 Å². The lowest BCUT2D eigenvalue weighted by atomic mass is 10.3. The van der Waals surface area contributed by atoms with E-state index in [1.165, 1.54) is 7.11 Å². The largest absolute Gasteiger partial charge is 0.467 e. The number of hydrogen-bond acceptors (Lipinski definition) is 6. The second-order valence-electron chi connectivity index (χ2n) is 3.64. The fourth-order valence-electron chi connectivity index (χ4n) is 1.37. The third-order valence-electron chi connectivity index (χ3n) is 2.21. The first-order valence-corrected chi connectivity index (χ1v) is 6.96. The van der Waals surface area contributed by atoms with Crippen molar-refractivity contribution in [3.8, 4) is 17.8 Å². The van der Waals surface area contributed by atoms with E-state index in [1.807, 2.05) is 6.92 Å². The molecule has 1 aromatic heterocycles. The van der Waals surface area contributed by atoms with Crippen molar-refractivity contribution in [1.29, 1.82) is 0 Å². The normalized spacial score (nSPS) is 10.2. The third-order valence-corrected chi connectivity index (χ3v) is 3.06. The van der Waals surface area contributed by atoms with Crippen LogP contribution >= 0.6 is 27.5 Å². The number of rotatable bonds is 5. The number of ether oxygens (including phenoxy) is 2. The lowest BCUT2D eigenvalue weighted by Crippen LogP contribution is -2.06. The predicted molar refractivity (Wildman–Crippen MR) is 79.8 cm³/mol. The summed E-state index contributed by atoms with van der Waals surface area (Å²) in [5.41, 5.74) is 0. The molecule has 0 spiro atoms. The first-order chi connectivity index (χ1) is 9.62. The summed E-state index contributed by atoms with van der Waals surface area (Å²) >= 11 is 9.24. The van der Waals surface area contributed by atoms with Crippen molar-refractivity contribution in [1.82, 2.24) is 15.0 Å². The molecule has 106 valence electrons. The van der Waals surface area contributed by atoms with Gasteiger partial charge in [0.05, 0.1) is 11.6 Å². The monoisotopic (exact) mass is 358 g/mol. The standard InChI is InChI=1S/C12H12BrClN4O2/c1-3-15-10-16-11(19-2)18-12(17-10)20-9-5-4-7(14)6-8(9)13/h4-6H,3H2,1-2H3,(H,15,16,17,18). The molecule has 2 aromatic rings. The quantitative estimate of drug-likeness (QED) is 0.881. The second-order valence-corrected chi connectivity index (χ2v) is 4.93. The molecule has 2 rings (SSSR count). The molecule has 20 heavy (non-hydrogen) atoms. The lowest BCUT2D eigenvalue weighted by Gasteiger charge is -2.09. The first kappa shape index (κ1) is 14.8. The van der Waals surface area contributed by atoms with Crippen LogP contribution in [0.4, 0.5) is 5.95 Å². The van der Waals surface area contributed by atoms with Gasteiger partial charge in [0.1, 0.15) is 5.75 Å². The van der Waals surface area contributed by atoms with E-state index in [0.29, 0.717) is 27.7 Å². The summed E-state index contributed by atoms with van der Waals surface area (Å²) in [7, 11) is 1.48. The van der Waals surface area contributed by atoms with E-state index in [0.717, 1.165) is 0 Å². The van der Waals surface area contributed by atoms with Crippen molar-refractivity contribution in [2.24, 2.45) is 0 Å². The minimum absolute atomic E-state index is 0.135. The fraction of sp³-hybridized carbons (Fsp3) is 0.250. The molecule has 1 heterocycles. The van der Waals surface area contributed by atoms with E-state index in [9.17, 15) is 0 Å². The number of benzene rings is 1. The van der Waals surface area contributed by atoms with E-state index in [-0.39, 0.29) is 12.0 Å². The molecule has 0 fully saturated rings. The average Bonchev–Trinajstić information content (AvgIpc) is 2.42. The number of hydrogen-bond donors (Lipinski definition) is 1. The second kappa shape index (κ2) is 6.71. The summed E-state index contributed by atoms with van der Waals surface area (Å²) in [6.07, 6.45) is 0. The van der Waals surface area contributed by atoms with Crippen LogP contribution in [0, 0.1) is 0 Å². The molecular formula is C12H12BrClN4O2. The molecule has 0 unspecified atom stereocenters. The van der Waals surface area contributed by atoms with Crippen molar-refractivity contribution in [2.45, 2.75) is 6.92 Å². The van der Waals surface area contributed by atoms with Gasteiger partial charge in [-0.25, -0.2) is 0 Å². The highest BCUT2D eigenvalue weighted by atomic mass is 79.9. The smallest absolute Gasteiger partial charge is 0.330 e. The Bertz CT molecular complexity index is 612. The Morgan fingerprint density at radius 1 is 1.25 bits per heavy atom. The highest BCUT2D eigenvalue weighted by Crippen LogP contribution is 2.31. The molecule has 0 amide bonds. The highest BCUT2D eigenvalue weighted by Gasteiger charge is 2.10. The first-order valence-electron chi connectivity index (χ1n) is 5.79. The average molecular weight is 360 g/mol.